The van der Waals surface area contributed by atoms with Crippen molar-refractivity contribution in [1.82, 2.24) is 10.2 Å². The van der Waals surface area contributed by atoms with Crippen molar-refractivity contribution >= 4 is 5.91 Å². The molecule has 2 heterocycles. The number of likely N-dealkylation sites (tertiary alicyclic amines) is 1. The Labute approximate surface area is 192 Å². The van der Waals surface area contributed by atoms with E-state index in [9.17, 15) is 9.90 Å². The molecule has 2 aliphatic rings. The van der Waals surface area contributed by atoms with Crippen LogP contribution in [0.15, 0.2) is 18.2 Å². The van der Waals surface area contributed by atoms with E-state index in [-0.39, 0.29) is 5.91 Å². The van der Waals surface area contributed by atoms with Gasteiger partial charge in [0.25, 0.3) is 0 Å². The molecule has 7 nitrogen and oxygen atoms in total. The first kappa shape index (κ1) is 24.8. The normalized spacial score (nSPS) is 20.2. The number of carbonyl (C=O) groups excluding carboxylic acids is 1. The van der Waals surface area contributed by atoms with Crippen molar-refractivity contribution in [3.8, 4) is 11.5 Å². The van der Waals surface area contributed by atoms with Gasteiger partial charge in [0.2, 0.25) is 5.91 Å². The number of fused-ring (bicyclic) bond motifs is 1. The van der Waals surface area contributed by atoms with E-state index < -0.39 is 12.1 Å². The SMILES string of the molecule is CCCCCCCC(=O)NC(CN1CCCC1COC)C(O)c1ccc2c(c1)OCCO2. The average Bonchev–Trinajstić information content (AvgIpc) is 3.24. The summed E-state index contributed by atoms with van der Waals surface area (Å²) in [5, 5.41) is 14.4. The van der Waals surface area contributed by atoms with Gasteiger partial charge in [0.15, 0.2) is 11.5 Å². The average molecular weight is 449 g/mol. The van der Waals surface area contributed by atoms with Crippen molar-refractivity contribution in [1.29, 1.82) is 0 Å². The molecule has 0 bridgehead atoms. The topological polar surface area (TPSA) is 80.3 Å². The van der Waals surface area contributed by atoms with Gasteiger partial charge in [0, 0.05) is 26.1 Å². The van der Waals surface area contributed by atoms with Gasteiger partial charge in [-0.3, -0.25) is 9.69 Å². The molecule has 2 aliphatic heterocycles. The summed E-state index contributed by atoms with van der Waals surface area (Å²) in [6, 6.07) is 5.45. The number of aliphatic hydroxyl groups excluding tert-OH is 1. The fourth-order valence-electron chi connectivity index (χ4n) is 4.64. The van der Waals surface area contributed by atoms with Crippen LogP contribution in [-0.4, -0.2) is 68.0 Å². The molecule has 1 amide bonds. The van der Waals surface area contributed by atoms with Crippen molar-refractivity contribution in [2.24, 2.45) is 0 Å². The molecule has 1 saturated heterocycles. The first-order chi connectivity index (χ1) is 15.6. The van der Waals surface area contributed by atoms with E-state index in [2.05, 4.69) is 17.1 Å². The van der Waals surface area contributed by atoms with Crippen molar-refractivity contribution in [3.05, 3.63) is 23.8 Å². The van der Waals surface area contributed by atoms with Gasteiger partial charge in [-0.1, -0.05) is 38.7 Å². The summed E-state index contributed by atoms with van der Waals surface area (Å²) in [5.41, 5.74) is 0.727. The molecular formula is C25H40N2O5. The van der Waals surface area contributed by atoms with Crippen molar-refractivity contribution in [2.45, 2.75) is 76.5 Å². The molecule has 32 heavy (non-hydrogen) atoms. The largest absolute Gasteiger partial charge is 0.486 e. The Kier molecular flexibility index (Phi) is 10.1. The molecule has 0 aliphatic carbocycles. The third-order valence-corrected chi connectivity index (χ3v) is 6.43. The van der Waals surface area contributed by atoms with Crippen LogP contribution in [0.2, 0.25) is 0 Å². The maximum Gasteiger partial charge on any atom is 0.220 e. The molecule has 0 radical (unpaired) electrons. The maximum atomic E-state index is 12.7. The number of methoxy groups -OCH3 is 1. The highest BCUT2D eigenvalue weighted by molar-refractivity contribution is 5.76. The molecule has 0 spiro atoms. The second kappa shape index (κ2) is 13.0. The van der Waals surface area contributed by atoms with E-state index in [0.29, 0.717) is 50.3 Å². The number of hydrogen-bond acceptors (Lipinski definition) is 6. The van der Waals surface area contributed by atoms with E-state index in [1.54, 1.807) is 7.11 Å². The number of nitrogens with zero attached hydrogens (tertiary/aromatic N) is 1. The maximum absolute atomic E-state index is 12.7. The lowest BCUT2D eigenvalue weighted by Gasteiger charge is -2.32. The Morgan fingerprint density at radius 1 is 1.22 bits per heavy atom. The van der Waals surface area contributed by atoms with Crippen LogP contribution in [0.3, 0.4) is 0 Å². The Bertz CT molecular complexity index is 714. The molecule has 0 aromatic heterocycles. The van der Waals surface area contributed by atoms with Gasteiger partial charge in [0.05, 0.1) is 12.6 Å². The van der Waals surface area contributed by atoms with Crippen LogP contribution in [-0.2, 0) is 9.53 Å². The highest BCUT2D eigenvalue weighted by Crippen LogP contribution is 2.34. The standard InChI is InChI=1S/C25H40N2O5/c1-3-4-5-6-7-10-24(28)26-21(17-27-13-8-9-20(27)18-30-2)25(29)19-11-12-22-23(16-19)32-15-14-31-22/h11-12,16,20-21,25,29H,3-10,13-15,17-18H2,1-2H3,(H,26,28). The van der Waals surface area contributed by atoms with Gasteiger partial charge in [-0.25, -0.2) is 0 Å². The third-order valence-electron chi connectivity index (χ3n) is 6.43. The first-order valence-corrected chi connectivity index (χ1v) is 12.2. The van der Waals surface area contributed by atoms with Crippen molar-refractivity contribution in [2.75, 3.05) is 40.0 Å². The molecule has 1 aromatic rings. The lowest BCUT2D eigenvalue weighted by molar-refractivity contribution is -0.123. The lowest BCUT2D eigenvalue weighted by atomic mass is 10.00. The quantitative estimate of drug-likeness (QED) is 0.450. The zero-order chi connectivity index (χ0) is 22.8. The summed E-state index contributed by atoms with van der Waals surface area (Å²) in [4.78, 5) is 15.1. The number of hydrogen-bond donors (Lipinski definition) is 2. The number of carbonyl (C=O) groups is 1. The van der Waals surface area contributed by atoms with Gasteiger partial charge in [0.1, 0.15) is 19.3 Å². The monoisotopic (exact) mass is 448 g/mol. The fraction of sp³-hybridized carbons (Fsp3) is 0.720. The van der Waals surface area contributed by atoms with Gasteiger partial charge >= 0.3 is 0 Å². The Hall–Kier alpha value is -1.83. The van der Waals surface area contributed by atoms with E-state index in [1.165, 1.54) is 19.3 Å². The number of benzene rings is 1. The van der Waals surface area contributed by atoms with E-state index in [1.807, 2.05) is 18.2 Å². The number of aliphatic hydroxyl groups is 1. The summed E-state index contributed by atoms with van der Waals surface area (Å²) in [6.45, 7) is 5.42. The van der Waals surface area contributed by atoms with Gasteiger partial charge in [-0.05, 0) is 43.5 Å². The zero-order valence-electron chi connectivity index (χ0n) is 19.7. The van der Waals surface area contributed by atoms with Crippen LogP contribution in [0.25, 0.3) is 0 Å². The third kappa shape index (κ3) is 7.09. The first-order valence-electron chi connectivity index (χ1n) is 12.2. The number of amides is 1. The van der Waals surface area contributed by atoms with Gasteiger partial charge in [-0.15, -0.1) is 0 Å². The predicted molar refractivity (Wildman–Crippen MR) is 124 cm³/mol. The summed E-state index contributed by atoms with van der Waals surface area (Å²) in [5.74, 6) is 1.34. The van der Waals surface area contributed by atoms with Crippen LogP contribution in [0, 0.1) is 0 Å². The van der Waals surface area contributed by atoms with Gasteiger partial charge in [-0.2, -0.15) is 0 Å². The second-order valence-electron chi connectivity index (χ2n) is 8.93. The smallest absolute Gasteiger partial charge is 0.220 e. The fourth-order valence-corrected chi connectivity index (χ4v) is 4.64. The van der Waals surface area contributed by atoms with E-state index in [4.69, 9.17) is 14.2 Å². The summed E-state index contributed by atoms with van der Waals surface area (Å²) < 4.78 is 16.7. The number of rotatable bonds is 13. The Balaban J connectivity index is 1.67. The van der Waals surface area contributed by atoms with E-state index >= 15 is 0 Å². The highest BCUT2D eigenvalue weighted by atomic mass is 16.6. The minimum absolute atomic E-state index is 0.00517. The lowest BCUT2D eigenvalue weighted by Crippen LogP contribution is -2.49. The van der Waals surface area contributed by atoms with Crippen LogP contribution in [0.1, 0.15) is 70.0 Å². The molecule has 1 aromatic carbocycles. The molecule has 180 valence electrons. The Morgan fingerprint density at radius 2 is 2.00 bits per heavy atom. The summed E-state index contributed by atoms with van der Waals surface area (Å²) in [7, 11) is 1.72. The minimum Gasteiger partial charge on any atom is -0.486 e. The predicted octanol–water partition coefficient (Wildman–Crippen LogP) is 3.45. The number of nitrogens with one attached hydrogen (secondary N) is 1. The van der Waals surface area contributed by atoms with Crippen molar-refractivity contribution < 1.29 is 24.1 Å². The molecule has 3 atom stereocenters. The number of unbranched alkanes of at least 4 members (excludes halogenated alkanes) is 4. The number of ether oxygens (including phenoxy) is 3. The summed E-state index contributed by atoms with van der Waals surface area (Å²) in [6.07, 6.45) is 7.36. The van der Waals surface area contributed by atoms with Crippen LogP contribution < -0.4 is 14.8 Å². The zero-order valence-corrected chi connectivity index (χ0v) is 19.7. The molecule has 7 heteroatoms. The second-order valence-corrected chi connectivity index (χ2v) is 8.93. The molecule has 0 saturated carbocycles. The summed E-state index contributed by atoms with van der Waals surface area (Å²) >= 11 is 0. The molecule has 3 unspecified atom stereocenters. The van der Waals surface area contributed by atoms with E-state index in [0.717, 1.165) is 37.8 Å². The van der Waals surface area contributed by atoms with Crippen LogP contribution >= 0.6 is 0 Å². The van der Waals surface area contributed by atoms with Crippen molar-refractivity contribution in [3.63, 3.8) is 0 Å². The molecule has 1 fully saturated rings. The molecule has 3 rings (SSSR count). The minimum atomic E-state index is -0.835. The highest BCUT2D eigenvalue weighted by Gasteiger charge is 2.31. The molecule has 2 N–H and O–H groups in total. The Morgan fingerprint density at radius 3 is 2.78 bits per heavy atom. The van der Waals surface area contributed by atoms with Gasteiger partial charge < -0.3 is 24.6 Å². The molecular weight excluding hydrogens is 408 g/mol. The van der Waals surface area contributed by atoms with Crippen LogP contribution in [0.4, 0.5) is 0 Å². The van der Waals surface area contributed by atoms with Crippen LogP contribution in [0.5, 0.6) is 11.5 Å².